The Morgan fingerprint density at radius 3 is 2.19 bits per heavy atom. The third kappa shape index (κ3) is 3.14. The summed E-state index contributed by atoms with van der Waals surface area (Å²) in [5.41, 5.74) is 1.29. The van der Waals surface area contributed by atoms with Gasteiger partial charge in [-0.3, -0.25) is 14.4 Å². The van der Waals surface area contributed by atoms with E-state index in [1.54, 1.807) is 6.92 Å². The predicted octanol–water partition coefficient (Wildman–Crippen LogP) is 4.94. The normalized spacial score (nSPS) is 43.5. The first kappa shape index (κ1) is 22.3. The maximum absolute atomic E-state index is 12.9. The fourth-order valence-electron chi connectivity index (χ4n) is 7.92. The molecule has 2 saturated carbocycles. The molecule has 0 aromatic rings. The summed E-state index contributed by atoms with van der Waals surface area (Å²) < 4.78 is 11.4. The number of Topliss-reactive ketones (excluding diaryl/α,β-unsaturated/α-hetero) is 1. The zero-order valence-electron chi connectivity index (χ0n) is 19.7. The van der Waals surface area contributed by atoms with E-state index in [9.17, 15) is 14.4 Å². The van der Waals surface area contributed by atoms with Crippen LogP contribution < -0.4 is 0 Å². The number of esters is 2. The molecule has 4 unspecified atom stereocenters. The highest BCUT2D eigenvalue weighted by Crippen LogP contribution is 2.68. The lowest BCUT2D eigenvalue weighted by molar-refractivity contribution is -0.185. The SMILES string of the molecule is CC(=O)OC1C=C2C(C)=CC3C(CC[C@@]4(C)C3CC[C@]4(OC(C)=O)C(C)=O)[C@@]2(C)CC1. The van der Waals surface area contributed by atoms with Crippen LogP contribution in [0.1, 0.15) is 80.1 Å². The van der Waals surface area contributed by atoms with E-state index in [2.05, 4.69) is 32.9 Å². The highest BCUT2D eigenvalue weighted by Gasteiger charge is 2.67. The fourth-order valence-corrected chi connectivity index (χ4v) is 7.92. The van der Waals surface area contributed by atoms with E-state index in [0.717, 1.165) is 32.1 Å². The van der Waals surface area contributed by atoms with E-state index in [0.29, 0.717) is 24.2 Å². The lowest BCUT2D eigenvalue weighted by atomic mass is 9.47. The van der Waals surface area contributed by atoms with Crippen molar-refractivity contribution in [1.82, 2.24) is 0 Å². The smallest absolute Gasteiger partial charge is 0.303 e. The van der Waals surface area contributed by atoms with Gasteiger partial charge in [-0.1, -0.05) is 25.5 Å². The van der Waals surface area contributed by atoms with Crippen molar-refractivity contribution in [2.75, 3.05) is 0 Å². The molecule has 0 radical (unpaired) electrons. The first-order valence-electron chi connectivity index (χ1n) is 11.7. The number of hydrogen-bond donors (Lipinski definition) is 0. The van der Waals surface area contributed by atoms with Crippen LogP contribution >= 0.6 is 0 Å². The zero-order chi connectivity index (χ0) is 22.8. The maximum atomic E-state index is 12.9. The van der Waals surface area contributed by atoms with Crippen LogP contribution in [-0.2, 0) is 23.9 Å². The standard InChI is InChI=1S/C26H36O5/c1-15-13-20-21(24(5)10-7-19(14-23(15)24)30-17(3)28)8-11-25(6)22(20)9-12-26(25,16(2)27)31-18(4)29/h13-14,19-22H,7-12H2,1-6H3/t19?,20?,21?,22?,24-,25+,26+/m1/s1. The highest BCUT2D eigenvalue weighted by molar-refractivity contribution is 5.89. The molecule has 4 rings (SSSR count). The van der Waals surface area contributed by atoms with Gasteiger partial charge in [-0.25, -0.2) is 0 Å². The van der Waals surface area contributed by atoms with E-state index in [4.69, 9.17) is 9.47 Å². The molecule has 0 spiro atoms. The lowest BCUT2D eigenvalue weighted by Crippen LogP contribution is -2.58. The number of allylic oxidation sites excluding steroid dienone is 3. The molecule has 7 atom stereocenters. The average molecular weight is 429 g/mol. The zero-order valence-corrected chi connectivity index (χ0v) is 19.7. The van der Waals surface area contributed by atoms with Crippen molar-refractivity contribution in [3.63, 3.8) is 0 Å². The molecule has 4 aliphatic carbocycles. The van der Waals surface area contributed by atoms with Crippen LogP contribution in [0.3, 0.4) is 0 Å². The van der Waals surface area contributed by atoms with Gasteiger partial charge in [0.05, 0.1) is 0 Å². The summed E-state index contributed by atoms with van der Waals surface area (Å²) >= 11 is 0. The quantitative estimate of drug-likeness (QED) is 0.596. The maximum Gasteiger partial charge on any atom is 0.303 e. The minimum atomic E-state index is -1.000. The Kier molecular flexibility index (Phi) is 5.26. The van der Waals surface area contributed by atoms with Gasteiger partial charge in [-0.2, -0.15) is 0 Å². The van der Waals surface area contributed by atoms with Crippen molar-refractivity contribution in [3.05, 3.63) is 23.3 Å². The van der Waals surface area contributed by atoms with E-state index in [-0.39, 0.29) is 34.7 Å². The molecule has 4 aliphatic rings. The summed E-state index contributed by atoms with van der Waals surface area (Å²) in [5, 5.41) is 0. The fraction of sp³-hybridized carbons (Fsp3) is 0.731. The first-order chi connectivity index (χ1) is 14.4. The Labute approximate surface area is 185 Å². The molecule has 5 heteroatoms. The van der Waals surface area contributed by atoms with Gasteiger partial charge in [0.1, 0.15) is 6.10 Å². The Morgan fingerprint density at radius 2 is 1.58 bits per heavy atom. The molecule has 0 bridgehead atoms. The third-order valence-electron chi connectivity index (χ3n) is 9.26. The van der Waals surface area contributed by atoms with Gasteiger partial charge >= 0.3 is 11.9 Å². The number of carbonyl (C=O) groups is 3. The number of ketones is 1. The largest absolute Gasteiger partial charge is 0.458 e. The van der Waals surface area contributed by atoms with Crippen LogP contribution in [0.4, 0.5) is 0 Å². The molecule has 0 aliphatic heterocycles. The van der Waals surface area contributed by atoms with Crippen LogP contribution in [0.25, 0.3) is 0 Å². The molecular weight excluding hydrogens is 392 g/mol. The molecular formula is C26H36O5. The van der Waals surface area contributed by atoms with Gasteiger partial charge in [-0.05, 0) is 87.2 Å². The van der Waals surface area contributed by atoms with Crippen LogP contribution in [-0.4, -0.2) is 29.4 Å². The first-order valence-corrected chi connectivity index (χ1v) is 11.7. The van der Waals surface area contributed by atoms with Crippen molar-refractivity contribution in [3.8, 4) is 0 Å². The van der Waals surface area contributed by atoms with E-state index in [1.165, 1.54) is 25.0 Å². The molecule has 2 fully saturated rings. The summed E-state index contributed by atoms with van der Waals surface area (Å²) in [6, 6.07) is 0. The highest BCUT2D eigenvalue weighted by atomic mass is 16.6. The molecule has 0 saturated heterocycles. The lowest BCUT2D eigenvalue weighted by Gasteiger charge is -2.58. The topological polar surface area (TPSA) is 69.7 Å². The second-order valence-corrected chi connectivity index (χ2v) is 10.8. The van der Waals surface area contributed by atoms with Crippen LogP contribution in [0.2, 0.25) is 0 Å². The molecule has 0 heterocycles. The average Bonchev–Trinajstić information content (AvgIpc) is 2.96. The molecule has 0 amide bonds. The van der Waals surface area contributed by atoms with Crippen molar-refractivity contribution >= 4 is 17.7 Å². The Balaban J connectivity index is 1.73. The third-order valence-corrected chi connectivity index (χ3v) is 9.26. The van der Waals surface area contributed by atoms with Crippen molar-refractivity contribution in [2.45, 2.75) is 91.8 Å². The molecule has 5 nitrogen and oxygen atoms in total. The molecule has 0 aromatic heterocycles. The Morgan fingerprint density at radius 1 is 0.903 bits per heavy atom. The summed E-state index contributed by atoms with van der Waals surface area (Å²) in [6.07, 6.45) is 9.69. The van der Waals surface area contributed by atoms with Gasteiger partial charge < -0.3 is 9.47 Å². The summed E-state index contributed by atoms with van der Waals surface area (Å²) in [6.45, 7) is 11.2. The van der Waals surface area contributed by atoms with E-state index < -0.39 is 5.60 Å². The monoisotopic (exact) mass is 428 g/mol. The predicted molar refractivity (Wildman–Crippen MR) is 117 cm³/mol. The van der Waals surface area contributed by atoms with Crippen molar-refractivity contribution in [2.24, 2.45) is 28.6 Å². The number of rotatable bonds is 3. The Hall–Kier alpha value is -1.91. The minimum absolute atomic E-state index is 0.0173. The van der Waals surface area contributed by atoms with Crippen molar-refractivity contribution in [1.29, 1.82) is 0 Å². The molecule has 0 N–H and O–H groups in total. The molecule has 31 heavy (non-hydrogen) atoms. The van der Waals surface area contributed by atoms with Gasteiger partial charge in [0.2, 0.25) is 0 Å². The van der Waals surface area contributed by atoms with Gasteiger partial charge in [0.15, 0.2) is 11.4 Å². The van der Waals surface area contributed by atoms with E-state index >= 15 is 0 Å². The number of carbonyl (C=O) groups excluding carboxylic acids is 3. The summed E-state index contributed by atoms with van der Waals surface area (Å²) in [7, 11) is 0. The summed E-state index contributed by atoms with van der Waals surface area (Å²) in [4.78, 5) is 36.3. The van der Waals surface area contributed by atoms with Crippen LogP contribution in [0, 0.1) is 28.6 Å². The van der Waals surface area contributed by atoms with E-state index in [1.807, 2.05) is 0 Å². The van der Waals surface area contributed by atoms with Crippen molar-refractivity contribution < 1.29 is 23.9 Å². The van der Waals surface area contributed by atoms with Gasteiger partial charge in [-0.15, -0.1) is 0 Å². The second-order valence-electron chi connectivity index (χ2n) is 10.8. The van der Waals surface area contributed by atoms with Gasteiger partial charge in [0, 0.05) is 19.3 Å². The second kappa shape index (κ2) is 7.31. The van der Waals surface area contributed by atoms with Crippen LogP contribution in [0.5, 0.6) is 0 Å². The number of hydrogen-bond acceptors (Lipinski definition) is 5. The Bertz CT molecular complexity index is 884. The molecule has 170 valence electrons. The number of fused-ring (bicyclic) bond motifs is 5. The minimum Gasteiger partial charge on any atom is -0.458 e. The summed E-state index contributed by atoms with van der Waals surface area (Å²) in [5.74, 6) is 0.550. The van der Waals surface area contributed by atoms with Crippen LogP contribution in [0.15, 0.2) is 23.3 Å². The number of ether oxygens (including phenoxy) is 2. The van der Waals surface area contributed by atoms with Gasteiger partial charge in [0.25, 0.3) is 0 Å². The molecule has 0 aromatic carbocycles.